The Morgan fingerprint density at radius 3 is 2.60 bits per heavy atom. The summed E-state index contributed by atoms with van der Waals surface area (Å²) in [6.07, 6.45) is 3.79. The first-order valence-corrected chi connectivity index (χ1v) is 5.59. The van der Waals surface area contributed by atoms with Gasteiger partial charge in [0.05, 0.1) is 10.0 Å². The van der Waals surface area contributed by atoms with Gasteiger partial charge in [-0.25, -0.2) is 4.98 Å². The highest BCUT2D eigenvalue weighted by molar-refractivity contribution is 6.36. The van der Waals surface area contributed by atoms with Crippen molar-refractivity contribution in [2.24, 2.45) is 0 Å². The lowest BCUT2D eigenvalue weighted by Crippen LogP contribution is -2.28. The molecule has 1 saturated heterocycles. The molecule has 5 heteroatoms. The summed E-state index contributed by atoms with van der Waals surface area (Å²) in [7, 11) is 0. The Morgan fingerprint density at radius 2 is 2.00 bits per heavy atom. The van der Waals surface area contributed by atoms with Gasteiger partial charge in [-0.3, -0.25) is 5.41 Å². The Labute approximate surface area is 98.5 Å². The molecule has 0 aliphatic carbocycles. The van der Waals surface area contributed by atoms with E-state index < -0.39 is 0 Å². The first-order chi connectivity index (χ1) is 7.18. The smallest absolute Gasteiger partial charge is 0.148 e. The van der Waals surface area contributed by atoms with E-state index in [-0.39, 0.29) is 0 Å². The number of pyridine rings is 1. The first-order valence-electron chi connectivity index (χ1n) is 4.83. The standard InChI is InChI=1S/C10H11Cl2N3/c11-7-5-8(12)9(14-6-7)10(13)15-3-1-2-4-15/h5-6,13H,1-4H2. The van der Waals surface area contributed by atoms with Crippen LogP contribution >= 0.6 is 23.2 Å². The first kappa shape index (κ1) is 10.7. The summed E-state index contributed by atoms with van der Waals surface area (Å²) in [6.45, 7) is 1.83. The summed E-state index contributed by atoms with van der Waals surface area (Å²) in [5, 5.41) is 8.92. The van der Waals surface area contributed by atoms with Crippen molar-refractivity contribution >= 4 is 29.0 Å². The highest BCUT2D eigenvalue weighted by atomic mass is 35.5. The van der Waals surface area contributed by atoms with Gasteiger partial charge in [-0.05, 0) is 18.9 Å². The second-order valence-corrected chi connectivity index (χ2v) is 4.37. The van der Waals surface area contributed by atoms with Crippen LogP contribution in [0.15, 0.2) is 12.3 Å². The Kier molecular flexibility index (Phi) is 3.12. The van der Waals surface area contributed by atoms with Gasteiger partial charge in [-0.2, -0.15) is 0 Å². The molecule has 1 N–H and O–H groups in total. The van der Waals surface area contributed by atoms with Gasteiger partial charge in [0.1, 0.15) is 11.5 Å². The van der Waals surface area contributed by atoms with Crippen LogP contribution in [0.5, 0.6) is 0 Å². The molecular weight excluding hydrogens is 233 g/mol. The minimum Gasteiger partial charge on any atom is -0.355 e. The third kappa shape index (κ3) is 2.24. The van der Waals surface area contributed by atoms with Crippen LogP contribution in [-0.4, -0.2) is 28.8 Å². The number of rotatable bonds is 1. The van der Waals surface area contributed by atoms with Crippen LogP contribution in [0.2, 0.25) is 10.0 Å². The molecule has 0 spiro atoms. The van der Waals surface area contributed by atoms with Crippen molar-refractivity contribution in [2.75, 3.05) is 13.1 Å². The Morgan fingerprint density at radius 1 is 1.33 bits per heavy atom. The van der Waals surface area contributed by atoms with Crippen LogP contribution in [0, 0.1) is 5.41 Å². The van der Waals surface area contributed by atoms with Crippen molar-refractivity contribution in [1.29, 1.82) is 5.41 Å². The minimum atomic E-state index is 0.397. The van der Waals surface area contributed by atoms with Gasteiger partial charge in [-0.1, -0.05) is 23.2 Å². The van der Waals surface area contributed by atoms with E-state index in [1.165, 1.54) is 6.20 Å². The molecule has 0 radical (unpaired) electrons. The molecule has 1 aromatic heterocycles. The van der Waals surface area contributed by atoms with Crippen LogP contribution in [0.3, 0.4) is 0 Å². The van der Waals surface area contributed by atoms with Crippen LogP contribution in [0.1, 0.15) is 18.5 Å². The number of likely N-dealkylation sites (tertiary alicyclic amines) is 1. The molecular formula is C10H11Cl2N3. The number of nitrogens with zero attached hydrogens (tertiary/aromatic N) is 2. The number of halogens is 2. The van der Waals surface area contributed by atoms with Crippen molar-refractivity contribution in [3.8, 4) is 0 Å². The molecule has 0 unspecified atom stereocenters. The second kappa shape index (κ2) is 4.37. The SMILES string of the molecule is N=C(c1ncc(Cl)cc1Cl)N1CCCC1. The summed E-state index contributed by atoms with van der Waals surface area (Å²) >= 11 is 11.7. The van der Waals surface area contributed by atoms with E-state index in [4.69, 9.17) is 28.6 Å². The van der Waals surface area contributed by atoms with E-state index in [2.05, 4.69) is 4.98 Å². The third-order valence-corrected chi connectivity index (χ3v) is 2.95. The molecule has 0 amide bonds. The molecule has 0 bridgehead atoms. The fraction of sp³-hybridized carbons (Fsp3) is 0.400. The predicted octanol–water partition coefficient (Wildman–Crippen LogP) is 2.81. The zero-order chi connectivity index (χ0) is 10.8. The fourth-order valence-electron chi connectivity index (χ4n) is 1.68. The monoisotopic (exact) mass is 243 g/mol. The minimum absolute atomic E-state index is 0.397. The van der Waals surface area contributed by atoms with E-state index in [1.807, 2.05) is 4.90 Å². The topological polar surface area (TPSA) is 40.0 Å². The Hall–Kier alpha value is -0.800. The molecule has 2 heterocycles. The fourth-order valence-corrected chi connectivity index (χ4v) is 2.15. The Bertz CT molecular complexity index is 386. The van der Waals surface area contributed by atoms with Crippen molar-refractivity contribution in [2.45, 2.75) is 12.8 Å². The molecule has 0 aromatic carbocycles. The third-order valence-electron chi connectivity index (χ3n) is 2.45. The summed E-state index contributed by atoms with van der Waals surface area (Å²) in [5.74, 6) is 0.397. The van der Waals surface area contributed by atoms with Gasteiger partial charge in [-0.15, -0.1) is 0 Å². The van der Waals surface area contributed by atoms with Gasteiger partial charge in [0.25, 0.3) is 0 Å². The second-order valence-electron chi connectivity index (χ2n) is 3.53. The largest absolute Gasteiger partial charge is 0.355 e. The van der Waals surface area contributed by atoms with E-state index >= 15 is 0 Å². The van der Waals surface area contributed by atoms with Crippen LogP contribution in [0.4, 0.5) is 0 Å². The Balaban J connectivity index is 2.24. The van der Waals surface area contributed by atoms with Crippen molar-refractivity contribution in [1.82, 2.24) is 9.88 Å². The van der Waals surface area contributed by atoms with Gasteiger partial charge < -0.3 is 4.90 Å². The van der Waals surface area contributed by atoms with Crippen molar-refractivity contribution in [3.63, 3.8) is 0 Å². The summed E-state index contributed by atoms with van der Waals surface area (Å²) < 4.78 is 0. The molecule has 0 saturated carbocycles. The average molecular weight is 244 g/mol. The molecule has 1 aliphatic rings. The zero-order valence-electron chi connectivity index (χ0n) is 8.13. The maximum Gasteiger partial charge on any atom is 0.148 e. The van der Waals surface area contributed by atoms with Crippen LogP contribution in [-0.2, 0) is 0 Å². The lowest BCUT2D eigenvalue weighted by atomic mass is 10.3. The lowest BCUT2D eigenvalue weighted by molar-refractivity contribution is 0.515. The summed E-state index contributed by atoms with van der Waals surface area (Å²) in [5.41, 5.74) is 0.517. The number of nitrogens with one attached hydrogen (secondary N) is 1. The highest BCUT2D eigenvalue weighted by Gasteiger charge is 2.19. The molecule has 1 aromatic rings. The average Bonchev–Trinajstić information content (AvgIpc) is 2.69. The van der Waals surface area contributed by atoms with Crippen molar-refractivity contribution < 1.29 is 0 Å². The van der Waals surface area contributed by atoms with Crippen molar-refractivity contribution in [3.05, 3.63) is 28.0 Å². The molecule has 15 heavy (non-hydrogen) atoms. The van der Waals surface area contributed by atoms with E-state index in [0.29, 0.717) is 21.6 Å². The highest BCUT2D eigenvalue weighted by Crippen LogP contribution is 2.21. The van der Waals surface area contributed by atoms with Gasteiger partial charge >= 0.3 is 0 Å². The van der Waals surface area contributed by atoms with E-state index in [0.717, 1.165) is 25.9 Å². The molecule has 2 rings (SSSR count). The predicted molar refractivity (Wildman–Crippen MR) is 61.9 cm³/mol. The quantitative estimate of drug-likeness (QED) is 0.609. The molecule has 1 fully saturated rings. The summed E-state index contributed by atoms with van der Waals surface area (Å²) in [6, 6.07) is 1.62. The van der Waals surface area contributed by atoms with Gasteiger partial charge in [0, 0.05) is 19.3 Å². The van der Waals surface area contributed by atoms with Gasteiger partial charge in [0.15, 0.2) is 0 Å². The molecule has 3 nitrogen and oxygen atoms in total. The number of amidine groups is 1. The van der Waals surface area contributed by atoms with E-state index in [1.54, 1.807) is 6.07 Å². The lowest BCUT2D eigenvalue weighted by Gasteiger charge is -2.18. The maximum atomic E-state index is 7.97. The number of aromatic nitrogens is 1. The molecule has 80 valence electrons. The summed E-state index contributed by atoms with van der Waals surface area (Å²) in [4.78, 5) is 6.08. The molecule has 1 aliphatic heterocycles. The number of hydrogen-bond donors (Lipinski definition) is 1. The van der Waals surface area contributed by atoms with Crippen LogP contribution < -0.4 is 0 Å². The van der Waals surface area contributed by atoms with Gasteiger partial charge in [0.2, 0.25) is 0 Å². The molecule has 0 atom stereocenters. The normalized spacial score (nSPS) is 15.7. The maximum absolute atomic E-state index is 7.97. The number of hydrogen-bond acceptors (Lipinski definition) is 2. The van der Waals surface area contributed by atoms with Crippen LogP contribution in [0.25, 0.3) is 0 Å². The zero-order valence-corrected chi connectivity index (χ0v) is 9.65. The van der Waals surface area contributed by atoms with E-state index in [9.17, 15) is 0 Å².